The van der Waals surface area contributed by atoms with Crippen LogP contribution in [-0.2, 0) is 4.79 Å². The quantitative estimate of drug-likeness (QED) is 0.0662. The van der Waals surface area contributed by atoms with Crippen molar-refractivity contribution in [2.24, 2.45) is 0 Å². The SMILES string of the molecule is CCCCCCCCCCCCCCCCCCCC(=O)N[C@@H](CO)[C@H](O)CCCCCCCCCCCCCC. The van der Waals surface area contributed by atoms with Gasteiger partial charge < -0.3 is 15.5 Å². The van der Waals surface area contributed by atoms with Crippen LogP contribution in [0.3, 0.4) is 0 Å². The molecule has 1 amide bonds. The van der Waals surface area contributed by atoms with Gasteiger partial charge in [0.05, 0.1) is 18.8 Å². The zero-order chi connectivity index (χ0) is 30.1. The summed E-state index contributed by atoms with van der Waals surface area (Å²) in [6, 6.07) is -0.527. The van der Waals surface area contributed by atoms with E-state index in [1.54, 1.807) is 0 Å². The fourth-order valence-electron chi connectivity index (χ4n) is 5.95. The van der Waals surface area contributed by atoms with Crippen molar-refractivity contribution in [3.05, 3.63) is 0 Å². The minimum atomic E-state index is -0.650. The zero-order valence-corrected chi connectivity index (χ0v) is 28.1. The molecule has 0 rings (SSSR count). The third kappa shape index (κ3) is 30.6. The number of aliphatic hydroxyl groups excluding tert-OH is 2. The Labute approximate surface area is 257 Å². The highest BCUT2D eigenvalue weighted by Gasteiger charge is 2.19. The maximum atomic E-state index is 12.3. The number of carbonyl (C=O) groups excluding carboxylic acids is 1. The average Bonchev–Trinajstić information content (AvgIpc) is 2.97. The van der Waals surface area contributed by atoms with Crippen LogP contribution in [0.4, 0.5) is 0 Å². The summed E-state index contributed by atoms with van der Waals surface area (Å²) in [5, 5.41) is 23.0. The van der Waals surface area contributed by atoms with Gasteiger partial charge in [-0.15, -0.1) is 0 Å². The van der Waals surface area contributed by atoms with E-state index in [0.29, 0.717) is 12.8 Å². The van der Waals surface area contributed by atoms with E-state index in [2.05, 4.69) is 19.2 Å². The molecule has 0 saturated heterocycles. The highest BCUT2D eigenvalue weighted by molar-refractivity contribution is 5.76. The first kappa shape index (κ1) is 40.4. The molecule has 0 unspecified atom stereocenters. The molecule has 0 fully saturated rings. The van der Waals surface area contributed by atoms with Gasteiger partial charge in [-0.25, -0.2) is 0 Å². The predicted molar refractivity (Wildman–Crippen MR) is 179 cm³/mol. The number of aliphatic hydroxyl groups is 2. The highest BCUT2D eigenvalue weighted by atomic mass is 16.3. The summed E-state index contributed by atoms with van der Waals surface area (Å²) in [5.41, 5.74) is 0. The molecule has 246 valence electrons. The predicted octanol–water partition coefficient (Wildman–Crippen LogP) is 11.0. The van der Waals surface area contributed by atoms with Crippen LogP contribution in [0.1, 0.15) is 213 Å². The van der Waals surface area contributed by atoms with Crippen molar-refractivity contribution in [2.45, 2.75) is 225 Å². The number of amides is 1. The first-order chi connectivity index (χ1) is 20.2. The molecular weight excluding hydrogens is 506 g/mol. The number of carbonyl (C=O) groups is 1. The molecule has 41 heavy (non-hydrogen) atoms. The van der Waals surface area contributed by atoms with Crippen molar-refractivity contribution in [1.82, 2.24) is 5.32 Å². The van der Waals surface area contributed by atoms with Gasteiger partial charge in [0.25, 0.3) is 0 Å². The lowest BCUT2D eigenvalue weighted by atomic mass is 10.0. The number of rotatable bonds is 34. The second-order valence-electron chi connectivity index (χ2n) is 13.0. The van der Waals surface area contributed by atoms with Gasteiger partial charge in [0, 0.05) is 6.42 Å². The standard InChI is InChI=1S/C37H75NO3/c1-3-5-7-9-11-13-15-17-18-19-20-21-23-25-27-29-31-33-37(41)38-35(34-39)36(40)32-30-28-26-24-22-16-14-12-10-8-6-4-2/h35-36,39-40H,3-34H2,1-2H3,(H,38,41)/t35-,36+/m0/s1. The first-order valence-electron chi connectivity index (χ1n) is 18.7. The number of hydrogen-bond donors (Lipinski definition) is 3. The average molecular weight is 582 g/mol. The molecule has 0 radical (unpaired) electrons. The normalized spacial score (nSPS) is 13.0. The molecule has 0 aliphatic carbocycles. The highest BCUT2D eigenvalue weighted by Crippen LogP contribution is 2.16. The number of unbranched alkanes of at least 4 members (excludes halogenated alkanes) is 27. The second-order valence-corrected chi connectivity index (χ2v) is 13.0. The Morgan fingerprint density at radius 3 is 1.10 bits per heavy atom. The van der Waals surface area contributed by atoms with Gasteiger partial charge in [0.2, 0.25) is 5.91 Å². The molecule has 0 saturated carbocycles. The molecule has 0 heterocycles. The molecule has 0 aromatic carbocycles. The smallest absolute Gasteiger partial charge is 0.220 e. The molecule has 0 aliphatic heterocycles. The topological polar surface area (TPSA) is 69.6 Å². The Balaban J connectivity index is 3.50. The molecule has 0 aromatic heterocycles. The van der Waals surface area contributed by atoms with Gasteiger partial charge in [-0.05, 0) is 12.8 Å². The van der Waals surface area contributed by atoms with E-state index in [-0.39, 0.29) is 12.5 Å². The minimum Gasteiger partial charge on any atom is -0.394 e. The molecule has 0 aliphatic rings. The monoisotopic (exact) mass is 582 g/mol. The molecular formula is C37H75NO3. The largest absolute Gasteiger partial charge is 0.394 e. The summed E-state index contributed by atoms with van der Waals surface area (Å²) < 4.78 is 0. The van der Waals surface area contributed by atoms with Crippen molar-refractivity contribution < 1.29 is 15.0 Å². The van der Waals surface area contributed by atoms with Gasteiger partial charge in [-0.1, -0.05) is 194 Å². The van der Waals surface area contributed by atoms with Crippen molar-refractivity contribution in [1.29, 1.82) is 0 Å². The summed E-state index contributed by atoms with van der Waals surface area (Å²) >= 11 is 0. The van der Waals surface area contributed by atoms with Crippen molar-refractivity contribution >= 4 is 5.91 Å². The Hall–Kier alpha value is -0.610. The minimum absolute atomic E-state index is 0.0289. The van der Waals surface area contributed by atoms with Gasteiger partial charge in [0.1, 0.15) is 0 Å². The van der Waals surface area contributed by atoms with Crippen LogP contribution in [-0.4, -0.2) is 34.9 Å². The maximum absolute atomic E-state index is 12.3. The lowest BCUT2D eigenvalue weighted by Gasteiger charge is -2.22. The van der Waals surface area contributed by atoms with E-state index in [9.17, 15) is 15.0 Å². The van der Waals surface area contributed by atoms with Gasteiger partial charge in [0.15, 0.2) is 0 Å². The van der Waals surface area contributed by atoms with Crippen LogP contribution in [0.5, 0.6) is 0 Å². The van der Waals surface area contributed by atoms with E-state index in [1.807, 2.05) is 0 Å². The summed E-state index contributed by atoms with van der Waals surface area (Å²) in [4.78, 5) is 12.3. The molecule has 4 heteroatoms. The maximum Gasteiger partial charge on any atom is 0.220 e. The summed E-state index contributed by atoms with van der Waals surface area (Å²) in [5.74, 6) is -0.0289. The van der Waals surface area contributed by atoms with Crippen LogP contribution in [0, 0.1) is 0 Å². The van der Waals surface area contributed by atoms with E-state index >= 15 is 0 Å². The van der Waals surface area contributed by atoms with Crippen LogP contribution >= 0.6 is 0 Å². The van der Waals surface area contributed by atoms with Crippen molar-refractivity contribution in [2.75, 3.05) is 6.61 Å². The number of hydrogen-bond acceptors (Lipinski definition) is 3. The molecule has 0 aromatic rings. The molecule has 3 N–H and O–H groups in total. The fraction of sp³-hybridized carbons (Fsp3) is 0.973. The first-order valence-corrected chi connectivity index (χ1v) is 18.7. The third-order valence-corrected chi connectivity index (χ3v) is 8.87. The molecule has 2 atom stereocenters. The number of nitrogens with one attached hydrogen (secondary N) is 1. The van der Waals surface area contributed by atoms with E-state index < -0.39 is 12.1 Å². The van der Waals surface area contributed by atoms with Crippen molar-refractivity contribution in [3.63, 3.8) is 0 Å². The molecule has 4 nitrogen and oxygen atoms in total. The van der Waals surface area contributed by atoms with Crippen LogP contribution in [0.2, 0.25) is 0 Å². The zero-order valence-electron chi connectivity index (χ0n) is 28.1. The van der Waals surface area contributed by atoms with Crippen LogP contribution in [0.15, 0.2) is 0 Å². The molecule has 0 spiro atoms. The van der Waals surface area contributed by atoms with Gasteiger partial charge in [-0.2, -0.15) is 0 Å². The van der Waals surface area contributed by atoms with E-state index in [1.165, 1.54) is 161 Å². The Bertz CT molecular complexity index is 512. The van der Waals surface area contributed by atoms with Gasteiger partial charge >= 0.3 is 0 Å². The van der Waals surface area contributed by atoms with Crippen molar-refractivity contribution in [3.8, 4) is 0 Å². The van der Waals surface area contributed by atoms with E-state index in [0.717, 1.165) is 25.7 Å². The third-order valence-electron chi connectivity index (χ3n) is 8.87. The Morgan fingerprint density at radius 1 is 0.488 bits per heavy atom. The Kier molecular flexibility index (Phi) is 33.4. The second kappa shape index (κ2) is 33.9. The van der Waals surface area contributed by atoms with Crippen LogP contribution < -0.4 is 5.32 Å². The fourth-order valence-corrected chi connectivity index (χ4v) is 5.95. The summed E-state index contributed by atoms with van der Waals surface area (Å²) in [7, 11) is 0. The van der Waals surface area contributed by atoms with Gasteiger partial charge in [-0.3, -0.25) is 4.79 Å². The van der Waals surface area contributed by atoms with Crippen LogP contribution in [0.25, 0.3) is 0 Å². The molecule has 0 bridgehead atoms. The lowest BCUT2D eigenvalue weighted by molar-refractivity contribution is -0.123. The lowest BCUT2D eigenvalue weighted by Crippen LogP contribution is -2.45. The van der Waals surface area contributed by atoms with E-state index in [4.69, 9.17) is 0 Å². The summed E-state index contributed by atoms with van der Waals surface area (Å²) in [6.07, 6.45) is 38.7. The summed E-state index contributed by atoms with van der Waals surface area (Å²) in [6.45, 7) is 4.36. The Morgan fingerprint density at radius 2 is 0.780 bits per heavy atom.